The third-order valence-electron chi connectivity index (χ3n) is 8.40. The van der Waals surface area contributed by atoms with Crippen LogP contribution < -0.4 is 29.0 Å². The summed E-state index contributed by atoms with van der Waals surface area (Å²) in [5.41, 5.74) is 6.75. The summed E-state index contributed by atoms with van der Waals surface area (Å²) < 4.78 is 18.9. The van der Waals surface area contributed by atoms with Crippen molar-refractivity contribution >= 4 is 41.5 Å². The maximum Gasteiger partial charge on any atom is 0.348 e. The molecule has 0 fully saturated rings. The number of anilines is 4. The highest BCUT2D eigenvalue weighted by Crippen LogP contribution is 2.56. The summed E-state index contributed by atoms with van der Waals surface area (Å²) in [6.07, 6.45) is 0. The molecule has 1 spiro atoms. The van der Waals surface area contributed by atoms with E-state index in [0.717, 1.165) is 56.1 Å². The fourth-order valence-corrected chi connectivity index (χ4v) is 12.1. The van der Waals surface area contributed by atoms with E-state index in [2.05, 4.69) is 155 Å². The van der Waals surface area contributed by atoms with Crippen LogP contribution in [0.1, 0.15) is 0 Å². The number of hydrogen-bond donors (Lipinski definition) is 0. The van der Waals surface area contributed by atoms with Gasteiger partial charge in [0.05, 0.1) is 11.4 Å². The fourth-order valence-electron chi connectivity index (χ4n) is 6.86. The van der Waals surface area contributed by atoms with Gasteiger partial charge in [-0.1, -0.05) is 97.1 Å². The van der Waals surface area contributed by atoms with Gasteiger partial charge in [0.15, 0.2) is 0 Å². The molecule has 4 nitrogen and oxygen atoms in total. The lowest BCUT2D eigenvalue weighted by Gasteiger charge is -2.48. The quantitative estimate of drug-likeness (QED) is 0.180. The molecule has 0 aliphatic carbocycles. The molecule has 41 heavy (non-hydrogen) atoms. The van der Waals surface area contributed by atoms with E-state index in [4.69, 9.17) is 9.47 Å². The molecule has 3 aliphatic heterocycles. The van der Waals surface area contributed by atoms with Gasteiger partial charge in [-0.3, -0.25) is 0 Å². The van der Waals surface area contributed by atoms with Crippen molar-refractivity contribution in [3.05, 3.63) is 146 Å². The van der Waals surface area contributed by atoms with E-state index in [9.17, 15) is 0 Å². The summed E-state index contributed by atoms with van der Waals surface area (Å²) in [4.78, 5) is 0. The zero-order valence-corrected chi connectivity index (χ0v) is 23.1. The van der Waals surface area contributed by atoms with E-state index in [1.807, 2.05) is 0 Å². The number of ether oxygens (including phenoxy) is 2. The van der Waals surface area contributed by atoms with E-state index < -0.39 is 8.40 Å². The Hall–Kier alpha value is -5.26. The van der Waals surface area contributed by atoms with Crippen LogP contribution in [0.25, 0.3) is 11.1 Å². The van der Waals surface area contributed by atoms with Crippen LogP contribution >= 0.6 is 0 Å². The lowest BCUT2D eigenvalue weighted by Crippen LogP contribution is -2.77. The molecule has 6 aromatic carbocycles. The highest BCUT2D eigenvalue weighted by atomic mass is 28.3. The van der Waals surface area contributed by atoms with Crippen LogP contribution in [-0.4, -0.2) is 8.40 Å². The minimum absolute atomic E-state index is 0.834. The van der Waals surface area contributed by atoms with E-state index in [1.165, 1.54) is 11.1 Å². The van der Waals surface area contributed by atoms with Crippen molar-refractivity contribution in [2.45, 2.75) is 0 Å². The standard InChI is InChI=1S/C36H24N2O2Si/c1-3-15-27-25(13-1)26-14-2-4-16-28(26)38-30-18-6-8-20-32(30)40-34-22-10-12-24-36(34)41(38)35-23-11-9-21-33(35)39-31-19-7-5-17-29(31)37(27)41/h1-24H. The van der Waals surface area contributed by atoms with Gasteiger partial charge in [-0.05, 0) is 48.5 Å². The molecule has 3 aliphatic rings. The summed E-state index contributed by atoms with van der Waals surface area (Å²) >= 11 is 0. The normalized spacial score (nSPS) is 14.8. The molecule has 0 saturated heterocycles. The minimum Gasteiger partial charge on any atom is -0.455 e. The highest BCUT2D eigenvalue weighted by Gasteiger charge is 2.60. The Morgan fingerprint density at radius 2 is 0.683 bits per heavy atom. The van der Waals surface area contributed by atoms with Gasteiger partial charge in [0.25, 0.3) is 0 Å². The Morgan fingerprint density at radius 1 is 0.341 bits per heavy atom. The van der Waals surface area contributed by atoms with Gasteiger partial charge in [0.1, 0.15) is 23.0 Å². The zero-order valence-electron chi connectivity index (χ0n) is 22.1. The Balaban J connectivity index is 1.60. The molecule has 5 heteroatoms. The van der Waals surface area contributed by atoms with Crippen molar-refractivity contribution < 1.29 is 9.47 Å². The fraction of sp³-hybridized carbons (Fsp3) is 0. The van der Waals surface area contributed by atoms with Crippen molar-refractivity contribution in [1.82, 2.24) is 0 Å². The Kier molecular flexibility index (Phi) is 4.60. The second kappa shape index (κ2) is 8.37. The van der Waals surface area contributed by atoms with Crippen molar-refractivity contribution in [3.8, 4) is 34.1 Å². The average Bonchev–Trinajstić information content (AvgIpc) is 3.29. The molecule has 6 aromatic rings. The molecule has 0 N–H and O–H groups in total. The van der Waals surface area contributed by atoms with Crippen LogP contribution in [0.15, 0.2) is 146 Å². The summed E-state index contributed by atoms with van der Waals surface area (Å²) in [6.45, 7) is 0. The van der Waals surface area contributed by atoms with Gasteiger partial charge < -0.3 is 18.6 Å². The molecule has 0 unspecified atom stereocenters. The lowest BCUT2D eigenvalue weighted by molar-refractivity contribution is 0.489. The van der Waals surface area contributed by atoms with Crippen LogP contribution in [0.2, 0.25) is 0 Å². The number of para-hydroxylation sites is 8. The number of fused-ring (bicyclic) bond motifs is 11. The molecule has 194 valence electrons. The number of nitrogens with zero attached hydrogens (tertiary/aromatic N) is 2. The van der Waals surface area contributed by atoms with E-state index in [-0.39, 0.29) is 0 Å². The molecule has 0 saturated carbocycles. The Labute approximate surface area is 239 Å². The molecule has 3 heterocycles. The average molecular weight is 545 g/mol. The third kappa shape index (κ3) is 2.93. The first kappa shape index (κ1) is 22.5. The smallest absolute Gasteiger partial charge is 0.348 e. The summed E-state index contributed by atoms with van der Waals surface area (Å²) in [5, 5.41) is 2.32. The van der Waals surface area contributed by atoms with E-state index in [1.54, 1.807) is 0 Å². The summed E-state index contributed by atoms with van der Waals surface area (Å²) in [7, 11) is -3.30. The molecule has 0 radical (unpaired) electrons. The summed E-state index contributed by atoms with van der Waals surface area (Å²) in [6, 6.07) is 51.6. The monoisotopic (exact) mass is 544 g/mol. The molecule has 0 aromatic heterocycles. The van der Waals surface area contributed by atoms with Crippen molar-refractivity contribution in [2.75, 3.05) is 9.13 Å². The maximum atomic E-state index is 6.85. The van der Waals surface area contributed by atoms with Crippen molar-refractivity contribution in [3.63, 3.8) is 0 Å². The lowest BCUT2D eigenvalue weighted by atomic mass is 10.0. The number of benzene rings is 6. The molecule has 0 atom stereocenters. The number of rotatable bonds is 0. The van der Waals surface area contributed by atoms with Crippen LogP contribution in [-0.2, 0) is 0 Å². The topological polar surface area (TPSA) is 24.9 Å². The van der Waals surface area contributed by atoms with Gasteiger partial charge in [0.2, 0.25) is 0 Å². The predicted molar refractivity (Wildman–Crippen MR) is 167 cm³/mol. The second-order valence-electron chi connectivity index (χ2n) is 10.5. The first-order valence-electron chi connectivity index (χ1n) is 13.9. The Bertz CT molecular complexity index is 1860. The second-order valence-corrected chi connectivity index (χ2v) is 13.8. The van der Waals surface area contributed by atoms with Crippen LogP contribution in [0.4, 0.5) is 22.7 Å². The van der Waals surface area contributed by atoms with Crippen molar-refractivity contribution in [1.29, 1.82) is 0 Å². The van der Waals surface area contributed by atoms with E-state index in [0.29, 0.717) is 0 Å². The van der Waals surface area contributed by atoms with Crippen LogP contribution in [0.5, 0.6) is 23.0 Å². The molecule has 9 rings (SSSR count). The van der Waals surface area contributed by atoms with Gasteiger partial charge in [-0.25, -0.2) is 0 Å². The predicted octanol–water partition coefficient (Wildman–Crippen LogP) is 8.11. The Morgan fingerprint density at radius 3 is 1.15 bits per heavy atom. The van der Waals surface area contributed by atoms with Crippen molar-refractivity contribution in [2.24, 2.45) is 0 Å². The van der Waals surface area contributed by atoms with Gasteiger partial charge in [-0.2, -0.15) is 0 Å². The maximum absolute atomic E-state index is 6.85. The first-order valence-corrected chi connectivity index (χ1v) is 15.8. The van der Waals surface area contributed by atoms with Crippen LogP contribution in [0, 0.1) is 0 Å². The molecule has 0 bridgehead atoms. The zero-order chi connectivity index (χ0) is 27.0. The molecule has 0 amide bonds. The minimum atomic E-state index is -3.30. The number of hydrogen-bond acceptors (Lipinski definition) is 4. The highest BCUT2D eigenvalue weighted by molar-refractivity contribution is 7.10. The molecular formula is C36H24N2O2Si. The van der Waals surface area contributed by atoms with Crippen LogP contribution in [0.3, 0.4) is 0 Å². The third-order valence-corrected chi connectivity index (χ3v) is 13.0. The van der Waals surface area contributed by atoms with Gasteiger partial charge in [-0.15, -0.1) is 0 Å². The first-order chi connectivity index (χ1) is 20.4. The largest absolute Gasteiger partial charge is 0.455 e. The molecular weight excluding hydrogens is 520 g/mol. The van der Waals surface area contributed by atoms with Gasteiger partial charge >= 0.3 is 8.40 Å². The van der Waals surface area contributed by atoms with Gasteiger partial charge in [0, 0.05) is 32.9 Å². The SMILES string of the molecule is c1ccc2c(c1)Oc1ccccc1[Si]13c4ccccc4Oc4ccccc4N1c1ccccc1-c1ccccc1N23. The van der Waals surface area contributed by atoms with E-state index >= 15 is 0 Å². The summed E-state index contributed by atoms with van der Waals surface area (Å²) in [5.74, 6) is 3.40.